The number of benzene rings is 1. The Morgan fingerprint density at radius 2 is 1.81 bits per heavy atom. The van der Waals surface area contributed by atoms with E-state index in [0.717, 1.165) is 18.8 Å². The van der Waals surface area contributed by atoms with Crippen LogP contribution in [-0.4, -0.2) is 29.6 Å². The van der Waals surface area contributed by atoms with Gasteiger partial charge in [0, 0.05) is 5.54 Å². The fourth-order valence-corrected chi connectivity index (χ4v) is 3.30. The molecule has 1 saturated carbocycles. The van der Waals surface area contributed by atoms with Gasteiger partial charge in [-0.15, -0.1) is 0 Å². The van der Waals surface area contributed by atoms with E-state index in [2.05, 4.69) is 48.4 Å². The van der Waals surface area contributed by atoms with Gasteiger partial charge in [-0.25, -0.2) is 0 Å². The van der Waals surface area contributed by atoms with E-state index in [4.69, 9.17) is 10.6 Å². The third kappa shape index (κ3) is 3.23. The van der Waals surface area contributed by atoms with Gasteiger partial charge in [-0.2, -0.15) is 0 Å². The molecule has 1 aliphatic heterocycles. The smallest absolute Gasteiger partial charge is 0.119 e. The molecule has 0 bridgehead atoms. The predicted molar refractivity (Wildman–Crippen MR) is 85.0 cm³/mol. The normalized spacial score (nSPS) is 21.5. The van der Waals surface area contributed by atoms with Gasteiger partial charge in [0.25, 0.3) is 0 Å². The van der Waals surface area contributed by atoms with Gasteiger partial charge in [0.2, 0.25) is 0 Å². The number of nitrogens with zero attached hydrogens (tertiary/aromatic N) is 1. The minimum Gasteiger partial charge on any atom is -0.490 e. The molecule has 4 nitrogen and oxygen atoms in total. The van der Waals surface area contributed by atoms with Crippen molar-refractivity contribution in [2.45, 2.75) is 57.2 Å². The van der Waals surface area contributed by atoms with Gasteiger partial charge in [-0.05, 0) is 70.3 Å². The Morgan fingerprint density at radius 3 is 2.33 bits per heavy atom. The fourth-order valence-electron chi connectivity index (χ4n) is 3.30. The summed E-state index contributed by atoms with van der Waals surface area (Å²) in [7, 11) is 0. The first-order chi connectivity index (χ1) is 10.1. The van der Waals surface area contributed by atoms with Crippen LogP contribution in [0.5, 0.6) is 5.75 Å². The van der Waals surface area contributed by atoms with E-state index in [1.54, 1.807) is 0 Å². The van der Waals surface area contributed by atoms with E-state index in [1.165, 1.54) is 31.2 Å². The number of ether oxygens (including phenoxy) is 1. The summed E-state index contributed by atoms with van der Waals surface area (Å²) in [4.78, 5) is 2.53. The topological polar surface area (TPSA) is 50.5 Å². The Kier molecular flexibility index (Phi) is 4.20. The predicted octanol–water partition coefficient (Wildman–Crippen LogP) is 2.61. The summed E-state index contributed by atoms with van der Waals surface area (Å²) in [6, 6.07) is 8.53. The average molecular weight is 289 g/mol. The lowest BCUT2D eigenvalue weighted by Crippen LogP contribution is -2.53. The molecule has 0 aromatic heterocycles. The molecule has 0 spiro atoms. The molecule has 0 amide bonds. The summed E-state index contributed by atoms with van der Waals surface area (Å²) < 4.78 is 5.82. The maximum Gasteiger partial charge on any atom is 0.119 e. The minimum absolute atomic E-state index is 0.00408. The van der Waals surface area contributed by atoms with Gasteiger partial charge in [0.05, 0.1) is 12.1 Å². The zero-order valence-corrected chi connectivity index (χ0v) is 13.1. The molecule has 116 valence electrons. The third-order valence-electron chi connectivity index (χ3n) is 4.83. The first-order valence-electron chi connectivity index (χ1n) is 8.09. The van der Waals surface area contributed by atoms with E-state index in [1.807, 2.05) is 0 Å². The molecular weight excluding hydrogens is 262 g/mol. The van der Waals surface area contributed by atoms with Gasteiger partial charge < -0.3 is 4.74 Å². The van der Waals surface area contributed by atoms with Gasteiger partial charge in [-0.1, -0.05) is 12.1 Å². The molecule has 2 fully saturated rings. The lowest BCUT2D eigenvalue weighted by Gasteiger charge is -2.42. The first-order valence-corrected chi connectivity index (χ1v) is 8.09. The van der Waals surface area contributed by atoms with Crippen molar-refractivity contribution >= 4 is 0 Å². The Morgan fingerprint density at radius 1 is 1.19 bits per heavy atom. The van der Waals surface area contributed by atoms with Crippen LogP contribution in [0.4, 0.5) is 0 Å². The van der Waals surface area contributed by atoms with Crippen LogP contribution >= 0.6 is 0 Å². The molecular formula is C17H27N3O. The Labute approximate surface area is 127 Å². The number of nitrogens with two attached hydrogens (primary N) is 1. The second kappa shape index (κ2) is 5.95. The van der Waals surface area contributed by atoms with Crippen molar-refractivity contribution in [3.8, 4) is 5.75 Å². The highest BCUT2D eigenvalue weighted by molar-refractivity contribution is 5.31. The lowest BCUT2D eigenvalue weighted by atomic mass is 9.87. The Hall–Kier alpha value is -1.10. The van der Waals surface area contributed by atoms with Gasteiger partial charge in [-0.3, -0.25) is 16.2 Å². The zero-order chi connectivity index (χ0) is 14.9. The molecule has 1 aromatic rings. The zero-order valence-electron chi connectivity index (χ0n) is 13.1. The number of hydrazine groups is 1. The summed E-state index contributed by atoms with van der Waals surface area (Å²) in [5.74, 6) is 6.85. The number of likely N-dealkylation sites (tertiary alicyclic amines) is 1. The molecule has 1 unspecified atom stereocenters. The van der Waals surface area contributed by atoms with Crippen molar-refractivity contribution in [2.24, 2.45) is 5.84 Å². The van der Waals surface area contributed by atoms with E-state index < -0.39 is 0 Å². The standard InChI is InChI=1S/C17H27N3O/c1-17(2,20-11-3-4-12-20)16(19-18)13-5-7-14(8-6-13)21-15-9-10-15/h5-8,15-16,19H,3-4,9-12,18H2,1-2H3. The molecule has 3 N–H and O–H groups in total. The summed E-state index contributed by atoms with van der Waals surface area (Å²) >= 11 is 0. The van der Waals surface area contributed by atoms with E-state index >= 15 is 0 Å². The molecule has 1 aliphatic carbocycles. The Bertz CT molecular complexity index is 461. The SMILES string of the molecule is CC(C)(C(NN)c1ccc(OC2CC2)cc1)N1CCCC1. The summed E-state index contributed by atoms with van der Waals surface area (Å²) in [5, 5.41) is 0. The molecule has 3 rings (SSSR count). The van der Waals surface area contributed by atoms with Crippen LogP contribution in [0.25, 0.3) is 0 Å². The highest BCUT2D eigenvalue weighted by atomic mass is 16.5. The second-order valence-electron chi connectivity index (χ2n) is 6.83. The van der Waals surface area contributed by atoms with Crippen LogP contribution in [0.2, 0.25) is 0 Å². The highest BCUT2D eigenvalue weighted by Gasteiger charge is 2.37. The van der Waals surface area contributed by atoms with Gasteiger partial charge in [0.15, 0.2) is 0 Å². The van der Waals surface area contributed by atoms with Crippen molar-refractivity contribution in [1.82, 2.24) is 10.3 Å². The van der Waals surface area contributed by atoms with Crippen molar-refractivity contribution in [3.63, 3.8) is 0 Å². The number of hydrogen-bond donors (Lipinski definition) is 2. The maximum absolute atomic E-state index is 5.88. The third-order valence-corrected chi connectivity index (χ3v) is 4.83. The second-order valence-corrected chi connectivity index (χ2v) is 6.83. The molecule has 1 saturated heterocycles. The highest BCUT2D eigenvalue weighted by Crippen LogP contribution is 2.34. The summed E-state index contributed by atoms with van der Waals surface area (Å²) in [6.45, 7) is 6.87. The van der Waals surface area contributed by atoms with Crippen LogP contribution < -0.4 is 16.0 Å². The van der Waals surface area contributed by atoms with Gasteiger partial charge >= 0.3 is 0 Å². The largest absolute Gasteiger partial charge is 0.490 e. The van der Waals surface area contributed by atoms with Crippen molar-refractivity contribution in [1.29, 1.82) is 0 Å². The van der Waals surface area contributed by atoms with Crippen LogP contribution in [0.3, 0.4) is 0 Å². The fraction of sp³-hybridized carbons (Fsp3) is 0.647. The van der Waals surface area contributed by atoms with E-state index in [-0.39, 0.29) is 11.6 Å². The minimum atomic E-state index is 0.00408. The quantitative estimate of drug-likeness (QED) is 0.624. The Balaban J connectivity index is 1.74. The van der Waals surface area contributed by atoms with Crippen LogP contribution in [0.1, 0.15) is 51.1 Å². The molecule has 1 heterocycles. The number of rotatable bonds is 6. The maximum atomic E-state index is 5.88. The first kappa shape index (κ1) is 14.8. The molecule has 21 heavy (non-hydrogen) atoms. The van der Waals surface area contributed by atoms with E-state index in [9.17, 15) is 0 Å². The van der Waals surface area contributed by atoms with Crippen LogP contribution in [0, 0.1) is 0 Å². The van der Waals surface area contributed by atoms with Crippen molar-refractivity contribution in [3.05, 3.63) is 29.8 Å². The van der Waals surface area contributed by atoms with Crippen LogP contribution in [-0.2, 0) is 0 Å². The van der Waals surface area contributed by atoms with Crippen LogP contribution in [0.15, 0.2) is 24.3 Å². The lowest BCUT2D eigenvalue weighted by molar-refractivity contribution is 0.107. The molecule has 2 aliphatic rings. The monoisotopic (exact) mass is 289 g/mol. The molecule has 1 aromatic carbocycles. The van der Waals surface area contributed by atoms with Gasteiger partial charge in [0.1, 0.15) is 5.75 Å². The molecule has 0 radical (unpaired) electrons. The van der Waals surface area contributed by atoms with Crippen molar-refractivity contribution < 1.29 is 4.74 Å². The summed E-state index contributed by atoms with van der Waals surface area (Å²) in [6.07, 6.45) is 5.40. The van der Waals surface area contributed by atoms with E-state index in [0.29, 0.717) is 6.10 Å². The van der Waals surface area contributed by atoms with Crippen molar-refractivity contribution in [2.75, 3.05) is 13.1 Å². The molecule has 4 heteroatoms. The number of hydrogen-bond acceptors (Lipinski definition) is 4. The number of nitrogens with one attached hydrogen (secondary N) is 1. The average Bonchev–Trinajstić information content (AvgIpc) is 3.10. The molecule has 1 atom stereocenters. The summed E-state index contributed by atoms with van der Waals surface area (Å²) in [5.41, 5.74) is 4.25.